The van der Waals surface area contributed by atoms with Crippen molar-refractivity contribution in [1.82, 2.24) is 71.9 Å². The third-order valence-corrected chi connectivity index (χ3v) is 23.4. The molecule has 0 heterocycles. The molecule has 8 N–H and O–H groups in total. The van der Waals surface area contributed by atoms with Crippen LogP contribution < -0.4 is 42.5 Å². The van der Waals surface area contributed by atoms with Crippen molar-refractivity contribution >= 4 is 95.0 Å². The average Bonchev–Trinajstić information content (AvgIpc) is 0.655. The summed E-state index contributed by atoms with van der Waals surface area (Å²) in [6.45, 7) is 4.12. The van der Waals surface area contributed by atoms with Crippen LogP contribution in [0, 0.1) is 0 Å². The van der Waals surface area contributed by atoms with Gasteiger partial charge in [-0.1, -0.05) is 97.1 Å². The van der Waals surface area contributed by atoms with Gasteiger partial charge in [0, 0.05) is 219 Å². The van der Waals surface area contributed by atoms with E-state index in [1.54, 1.807) is 9.80 Å². The van der Waals surface area contributed by atoms with Crippen LogP contribution in [-0.2, 0) is 125 Å². The van der Waals surface area contributed by atoms with Gasteiger partial charge in [-0.2, -0.15) is 0 Å². The molecule has 128 heavy (non-hydrogen) atoms. The topological polar surface area (TPSA) is 463 Å². The van der Waals surface area contributed by atoms with Gasteiger partial charge in [-0.05, 0) is 44.5 Å². The zero-order valence-corrected chi connectivity index (χ0v) is 74.7. The smallest absolute Gasteiger partial charge is 0.309 e. The number of hydrogen-bond donors (Lipinski definition) is 8. The maximum absolute atomic E-state index is 14.7. The summed E-state index contributed by atoms with van der Waals surface area (Å²) in [5, 5.41) is 23.3. The second-order valence-electron chi connectivity index (χ2n) is 31.1. The molecule has 0 saturated heterocycles. The number of esters is 8. The predicted molar refractivity (Wildman–Crippen MR) is 465 cm³/mol. The van der Waals surface area contributed by atoms with E-state index >= 15 is 0 Å². The normalized spacial score (nSPS) is 15.3. The molecule has 4 aromatic rings. The number of methoxy groups -OCH3 is 8. The van der Waals surface area contributed by atoms with E-state index in [0.29, 0.717) is 0 Å². The van der Waals surface area contributed by atoms with E-state index in [-0.39, 0.29) is 271 Å². The summed E-state index contributed by atoms with van der Waals surface area (Å²) >= 11 is 0. The molecule has 0 unspecified atom stereocenters. The molecule has 38 nitrogen and oxygen atoms in total. The average molecular weight is 1790 g/mol. The van der Waals surface area contributed by atoms with E-state index in [0.717, 1.165) is 44.5 Å². The van der Waals surface area contributed by atoms with Crippen LogP contribution in [-0.4, -0.2) is 351 Å². The first-order valence-corrected chi connectivity index (χ1v) is 43.2. The Morgan fingerprint density at radius 1 is 0.227 bits per heavy atom. The number of carbonyl (C=O) groups is 16. The first-order chi connectivity index (χ1) is 61.7. The molecule has 6 aliphatic carbocycles. The molecular weight excluding hydrogens is 1660 g/mol. The van der Waals surface area contributed by atoms with Crippen LogP contribution in [0.25, 0.3) is 0 Å². The summed E-state index contributed by atoms with van der Waals surface area (Å²) in [6, 6.07) is 31.7. The first-order valence-electron chi connectivity index (χ1n) is 43.2. The van der Waals surface area contributed by atoms with Crippen LogP contribution in [0.2, 0.25) is 0 Å². The van der Waals surface area contributed by atoms with Crippen LogP contribution in [0.5, 0.6) is 0 Å². The molecule has 0 aromatic heterocycles. The van der Waals surface area contributed by atoms with Crippen molar-refractivity contribution in [2.75, 3.05) is 227 Å². The highest BCUT2D eigenvalue weighted by Crippen LogP contribution is 2.68. The highest BCUT2D eigenvalue weighted by atomic mass is 16.5. The quantitative estimate of drug-likeness (QED) is 0.0159. The molecule has 0 radical (unpaired) electrons. The number of ether oxygens (including phenoxy) is 8. The summed E-state index contributed by atoms with van der Waals surface area (Å²) in [4.78, 5) is 219. The van der Waals surface area contributed by atoms with Gasteiger partial charge in [0.1, 0.15) is 0 Å². The van der Waals surface area contributed by atoms with Gasteiger partial charge < -0.3 is 110 Å². The largest absolute Gasteiger partial charge is 0.469 e. The fraction of sp³-hybridized carbons (Fsp3) is 0.556. The minimum Gasteiger partial charge on any atom is -0.469 e. The van der Waals surface area contributed by atoms with Crippen molar-refractivity contribution in [3.63, 3.8) is 0 Å². The summed E-state index contributed by atoms with van der Waals surface area (Å²) in [7, 11) is 10.2. The Bertz CT molecular complexity index is 3850. The maximum Gasteiger partial charge on any atom is 0.309 e. The number of amides is 8. The molecule has 4 bridgehead atoms. The van der Waals surface area contributed by atoms with E-state index < -0.39 is 94.0 Å². The summed E-state index contributed by atoms with van der Waals surface area (Å²) in [5.41, 5.74) is 4.74. The molecule has 0 aliphatic heterocycles. The molecule has 8 amide bonds. The van der Waals surface area contributed by atoms with E-state index in [1.165, 1.54) is 56.9 Å². The molecule has 6 aliphatic rings. The van der Waals surface area contributed by atoms with Gasteiger partial charge in [-0.3, -0.25) is 76.7 Å². The fourth-order valence-electron chi connectivity index (χ4n) is 16.6. The van der Waals surface area contributed by atoms with E-state index in [1.807, 2.05) is 117 Å². The third kappa shape index (κ3) is 31.3. The lowest BCUT2D eigenvalue weighted by Gasteiger charge is -2.60. The standard InChI is InChI=1S/C90H126N14O24/c1-121-75(109)29-47-101(48-30-76(110)122-2)55-37-91-71(105)25-43-99(44-26-72(106)92-38-56-102(49-31-77(111)123-3)50-32-78(112)124-4)59-41-95-85(117)87(119)97-61-89-67-21-13-9-17-63(67)84(64-18-10-14-22-68(64)89)90(69-23-15-11-19-65(69)83(89)66-20-12-16-24-70(66)90)62-98-88(120)86(118)96-42-60-100(45-27-73(107)93-39-57-103(51-33-79(113)125-5)52-34-80(114)126-6)46-28-74(108)94-40-58-104(53-35-81(115)127-7)54-36-82(116)128-8/h9-24,83-84H,25-62H2,1-8H3,(H,91,105)(H,92,106)(H,93,107)(H,94,108)(H,95,117)(H,96,118)(H,97,119)(H,98,120). The third-order valence-electron chi connectivity index (χ3n) is 23.4. The second-order valence-corrected chi connectivity index (χ2v) is 31.1. The molecule has 10 rings (SSSR count). The van der Waals surface area contributed by atoms with Crippen molar-refractivity contribution in [2.45, 2.75) is 99.7 Å². The highest BCUT2D eigenvalue weighted by molar-refractivity contribution is 6.35. The zero-order chi connectivity index (χ0) is 93.0. The molecular formula is C90H126N14O24. The molecule has 4 aromatic carbocycles. The van der Waals surface area contributed by atoms with Crippen molar-refractivity contribution in [2.24, 2.45) is 0 Å². The minimum atomic E-state index is -1.11. The van der Waals surface area contributed by atoms with Crippen LogP contribution in [0.15, 0.2) is 97.1 Å². The maximum atomic E-state index is 14.7. The predicted octanol–water partition coefficient (Wildman–Crippen LogP) is -0.330. The molecule has 700 valence electrons. The monoisotopic (exact) mass is 1790 g/mol. The van der Waals surface area contributed by atoms with E-state index in [2.05, 4.69) is 42.5 Å². The van der Waals surface area contributed by atoms with Crippen molar-refractivity contribution in [1.29, 1.82) is 0 Å². The Balaban J connectivity index is 1.07. The van der Waals surface area contributed by atoms with Crippen LogP contribution >= 0.6 is 0 Å². The van der Waals surface area contributed by atoms with Crippen molar-refractivity contribution < 1.29 is 115 Å². The lowest BCUT2D eigenvalue weighted by atomic mass is 9.42. The number of nitrogens with zero attached hydrogens (tertiary/aromatic N) is 6. The SMILES string of the molecule is COC(=O)CCN(CCNC(=O)CCN(CCNC(=O)C(=O)NCC12c3ccccc3C(c3ccccc31)C1(CNC(=O)C(=O)NCCN(CCC(=O)NCCN(CCC(=O)OC)CCC(=O)OC)CCC(=O)NCCN(CCC(=O)OC)CCC(=O)OC)c3ccccc3C2c2ccccc21)CCC(=O)NCCN(CCC(=O)OC)CCC(=O)OC)CCC(=O)OC. The molecule has 0 saturated carbocycles. The van der Waals surface area contributed by atoms with Gasteiger partial charge in [0.2, 0.25) is 23.6 Å². The van der Waals surface area contributed by atoms with Gasteiger partial charge in [-0.25, -0.2) is 0 Å². The Kier molecular flexibility index (Phi) is 43.8. The number of carbonyl (C=O) groups excluding carboxylic acids is 16. The zero-order valence-electron chi connectivity index (χ0n) is 74.7. The lowest BCUT2D eigenvalue weighted by Crippen LogP contribution is -2.60. The Morgan fingerprint density at radius 2 is 0.391 bits per heavy atom. The molecule has 0 fully saturated rings. The van der Waals surface area contributed by atoms with Crippen LogP contribution in [0.3, 0.4) is 0 Å². The Morgan fingerprint density at radius 3 is 0.578 bits per heavy atom. The molecule has 0 atom stereocenters. The highest BCUT2D eigenvalue weighted by Gasteiger charge is 2.63. The minimum absolute atomic E-state index is 0.0466. The molecule has 38 heteroatoms. The van der Waals surface area contributed by atoms with Crippen molar-refractivity contribution in [3.8, 4) is 0 Å². The van der Waals surface area contributed by atoms with E-state index in [9.17, 15) is 76.7 Å². The number of hydrogen-bond acceptors (Lipinski definition) is 30. The van der Waals surface area contributed by atoms with Gasteiger partial charge in [0.05, 0.1) is 108 Å². The van der Waals surface area contributed by atoms with Gasteiger partial charge in [0.25, 0.3) is 0 Å². The summed E-state index contributed by atoms with van der Waals surface area (Å²) in [6.07, 6.45) is 0.216. The van der Waals surface area contributed by atoms with E-state index in [4.69, 9.17) is 37.9 Å². The Hall–Kier alpha value is -11.8. The van der Waals surface area contributed by atoms with Gasteiger partial charge >= 0.3 is 71.4 Å². The number of rotatable bonds is 58. The molecule has 0 spiro atoms. The van der Waals surface area contributed by atoms with Crippen LogP contribution in [0.4, 0.5) is 0 Å². The van der Waals surface area contributed by atoms with Gasteiger partial charge in [-0.15, -0.1) is 0 Å². The number of benzene rings is 4. The summed E-state index contributed by atoms with van der Waals surface area (Å²) < 4.78 is 38.4. The van der Waals surface area contributed by atoms with Crippen molar-refractivity contribution in [3.05, 3.63) is 142 Å². The number of nitrogens with one attached hydrogen (secondary N) is 8. The second kappa shape index (κ2) is 54.4. The lowest BCUT2D eigenvalue weighted by molar-refractivity contribution is -0.142. The first kappa shape index (κ1) is 103. The Labute approximate surface area is 746 Å². The summed E-state index contributed by atoms with van der Waals surface area (Å²) in [5.74, 6) is -9.81. The van der Waals surface area contributed by atoms with Gasteiger partial charge in [0.15, 0.2) is 0 Å². The van der Waals surface area contributed by atoms with Crippen LogP contribution in [0.1, 0.15) is 133 Å². The fourth-order valence-corrected chi connectivity index (χ4v) is 16.6.